The molecule has 3 unspecified atom stereocenters. The third kappa shape index (κ3) is 3.04. The highest BCUT2D eigenvalue weighted by Crippen LogP contribution is 2.23. The van der Waals surface area contributed by atoms with Crippen molar-refractivity contribution in [1.29, 1.82) is 0 Å². The minimum absolute atomic E-state index is 0.507. The van der Waals surface area contributed by atoms with Crippen molar-refractivity contribution < 1.29 is 19.7 Å². The molecule has 0 aliphatic rings. The maximum Gasteiger partial charge on any atom is 0.337 e. The number of carboxylic acids is 1. The van der Waals surface area contributed by atoms with Crippen molar-refractivity contribution in [2.45, 2.75) is 39.1 Å². The molecule has 96 valence electrons. The number of nitrogens with zero attached hydrogens (tertiary/aromatic N) is 2. The minimum Gasteiger partial charge on any atom is -0.479 e. The quantitative estimate of drug-likeness (QED) is 0.791. The fraction of sp³-hybridized carbons (Fsp3) is 0.636. The zero-order chi connectivity index (χ0) is 13.2. The Morgan fingerprint density at radius 2 is 2.12 bits per heavy atom. The number of aryl methyl sites for hydroxylation is 1. The summed E-state index contributed by atoms with van der Waals surface area (Å²) in [7, 11) is 1.73. The summed E-state index contributed by atoms with van der Waals surface area (Å²) in [6.07, 6.45) is -0.916. The van der Waals surface area contributed by atoms with E-state index in [2.05, 4.69) is 5.10 Å². The van der Waals surface area contributed by atoms with Crippen molar-refractivity contribution in [2.75, 3.05) is 0 Å². The van der Waals surface area contributed by atoms with Gasteiger partial charge in [-0.05, 0) is 20.8 Å². The number of ether oxygens (including phenoxy) is 1. The first-order chi connectivity index (χ1) is 7.84. The number of hydrogen-bond acceptors (Lipinski definition) is 4. The van der Waals surface area contributed by atoms with E-state index in [1.165, 1.54) is 6.20 Å². The molecule has 0 aromatic carbocycles. The molecule has 1 aromatic rings. The van der Waals surface area contributed by atoms with Gasteiger partial charge in [-0.3, -0.25) is 4.68 Å². The highest BCUT2D eigenvalue weighted by molar-refractivity contribution is 5.74. The SMILES string of the molecule is Cc1c(C(OC(C)C(C)O)C(=O)O)cnn1C. The Labute approximate surface area is 99.8 Å². The summed E-state index contributed by atoms with van der Waals surface area (Å²) in [4.78, 5) is 11.2. The predicted molar refractivity (Wildman–Crippen MR) is 60.5 cm³/mol. The molecular weight excluding hydrogens is 224 g/mol. The van der Waals surface area contributed by atoms with Crippen LogP contribution in [0, 0.1) is 6.92 Å². The molecule has 0 amide bonds. The molecule has 3 atom stereocenters. The molecule has 1 heterocycles. The Balaban J connectivity index is 2.94. The molecule has 17 heavy (non-hydrogen) atoms. The smallest absolute Gasteiger partial charge is 0.337 e. The van der Waals surface area contributed by atoms with Gasteiger partial charge in [0.1, 0.15) is 0 Å². The molecular formula is C11H18N2O4. The van der Waals surface area contributed by atoms with Gasteiger partial charge in [0, 0.05) is 18.3 Å². The van der Waals surface area contributed by atoms with E-state index in [4.69, 9.17) is 9.84 Å². The third-order valence-corrected chi connectivity index (χ3v) is 2.81. The van der Waals surface area contributed by atoms with E-state index in [1.54, 1.807) is 32.5 Å². The minimum atomic E-state index is -1.10. The molecule has 1 aromatic heterocycles. The molecule has 1 rings (SSSR count). The van der Waals surface area contributed by atoms with Crippen molar-refractivity contribution in [3.05, 3.63) is 17.5 Å². The molecule has 0 saturated carbocycles. The molecule has 6 nitrogen and oxygen atoms in total. The van der Waals surface area contributed by atoms with Crippen LogP contribution < -0.4 is 0 Å². The summed E-state index contributed by atoms with van der Waals surface area (Å²) < 4.78 is 6.94. The summed E-state index contributed by atoms with van der Waals surface area (Å²) in [5.74, 6) is -1.09. The zero-order valence-electron chi connectivity index (χ0n) is 10.4. The second-order valence-electron chi connectivity index (χ2n) is 4.11. The van der Waals surface area contributed by atoms with Crippen LogP contribution in [0.3, 0.4) is 0 Å². The Morgan fingerprint density at radius 1 is 1.53 bits per heavy atom. The fourth-order valence-electron chi connectivity index (χ4n) is 1.37. The Morgan fingerprint density at radius 3 is 2.47 bits per heavy atom. The molecule has 0 aliphatic heterocycles. The van der Waals surface area contributed by atoms with Gasteiger partial charge in [-0.2, -0.15) is 5.10 Å². The first kappa shape index (κ1) is 13.7. The van der Waals surface area contributed by atoms with Crippen molar-refractivity contribution in [2.24, 2.45) is 7.05 Å². The van der Waals surface area contributed by atoms with Crippen LogP contribution in [0.2, 0.25) is 0 Å². The van der Waals surface area contributed by atoms with Crippen LogP contribution in [0.4, 0.5) is 0 Å². The van der Waals surface area contributed by atoms with Gasteiger partial charge < -0.3 is 14.9 Å². The highest BCUT2D eigenvalue weighted by atomic mass is 16.5. The van der Waals surface area contributed by atoms with Gasteiger partial charge in [-0.1, -0.05) is 0 Å². The maximum absolute atomic E-state index is 11.2. The topological polar surface area (TPSA) is 84.6 Å². The number of carbonyl (C=O) groups is 1. The number of carboxylic acid groups (broad SMARTS) is 1. The van der Waals surface area contributed by atoms with Gasteiger partial charge in [0.25, 0.3) is 0 Å². The van der Waals surface area contributed by atoms with Gasteiger partial charge >= 0.3 is 5.97 Å². The van der Waals surface area contributed by atoms with E-state index in [-0.39, 0.29) is 0 Å². The average Bonchev–Trinajstić information content (AvgIpc) is 2.56. The summed E-state index contributed by atoms with van der Waals surface area (Å²) in [6, 6.07) is 0. The Kier molecular flexibility index (Phi) is 4.25. The van der Waals surface area contributed by atoms with Crippen molar-refractivity contribution >= 4 is 5.97 Å². The molecule has 0 aliphatic carbocycles. The van der Waals surface area contributed by atoms with Gasteiger partial charge in [-0.15, -0.1) is 0 Å². The van der Waals surface area contributed by atoms with Crippen LogP contribution in [0.5, 0.6) is 0 Å². The molecule has 0 saturated heterocycles. The standard InChI is InChI=1S/C11H18N2O4/c1-6-9(5-12-13(6)4)10(11(15)16)17-8(3)7(2)14/h5,7-8,10,14H,1-4H3,(H,15,16). The van der Waals surface area contributed by atoms with E-state index < -0.39 is 24.3 Å². The number of aliphatic hydroxyl groups excluding tert-OH is 1. The van der Waals surface area contributed by atoms with Crippen molar-refractivity contribution in [3.63, 3.8) is 0 Å². The largest absolute Gasteiger partial charge is 0.479 e. The summed E-state index contributed by atoms with van der Waals surface area (Å²) >= 11 is 0. The molecule has 2 N–H and O–H groups in total. The van der Waals surface area contributed by atoms with Crippen molar-refractivity contribution in [1.82, 2.24) is 9.78 Å². The lowest BCUT2D eigenvalue weighted by atomic mass is 10.1. The van der Waals surface area contributed by atoms with E-state index in [0.29, 0.717) is 5.56 Å². The maximum atomic E-state index is 11.2. The second-order valence-corrected chi connectivity index (χ2v) is 4.11. The zero-order valence-corrected chi connectivity index (χ0v) is 10.4. The Bertz CT molecular complexity index is 400. The monoisotopic (exact) mass is 242 g/mol. The number of hydrogen-bond donors (Lipinski definition) is 2. The number of aliphatic hydroxyl groups is 1. The lowest BCUT2D eigenvalue weighted by molar-refractivity contribution is -0.158. The van der Waals surface area contributed by atoms with E-state index >= 15 is 0 Å². The predicted octanol–water partition coefficient (Wildman–Crippen LogP) is 0.640. The molecule has 0 spiro atoms. The second kappa shape index (κ2) is 5.29. The van der Waals surface area contributed by atoms with Crippen LogP contribution in [0.25, 0.3) is 0 Å². The summed E-state index contributed by atoms with van der Waals surface area (Å²) in [5.41, 5.74) is 1.24. The molecule has 0 bridgehead atoms. The van der Waals surface area contributed by atoms with E-state index in [1.807, 2.05) is 0 Å². The fourth-order valence-corrected chi connectivity index (χ4v) is 1.37. The van der Waals surface area contributed by atoms with Crippen molar-refractivity contribution in [3.8, 4) is 0 Å². The van der Waals surface area contributed by atoms with Crippen LogP contribution in [-0.4, -0.2) is 38.2 Å². The lowest BCUT2D eigenvalue weighted by Gasteiger charge is -2.21. The van der Waals surface area contributed by atoms with Crippen LogP contribution in [0.15, 0.2) is 6.20 Å². The first-order valence-corrected chi connectivity index (χ1v) is 5.39. The van der Waals surface area contributed by atoms with E-state index in [0.717, 1.165) is 5.69 Å². The van der Waals surface area contributed by atoms with Gasteiger partial charge in [0.05, 0.1) is 18.4 Å². The summed E-state index contributed by atoms with van der Waals surface area (Å²) in [6.45, 7) is 4.96. The third-order valence-electron chi connectivity index (χ3n) is 2.81. The highest BCUT2D eigenvalue weighted by Gasteiger charge is 2.27. The molecule has 0 radical (unpaired) electrons. The molecule has 6 heteroatoms. The number of aromatic nitrogens is 2. The van der Waals surface area contributed by atoms with Crippen LogP contribution in [-0.2, 0) is 16.6 Å². The summed E-state index contributed by atoms with van der Waals surface area (Å²) in [5, 5.41) is 22.5. The van der Waals surface area contributed by atoms with E-state index in [9.17, 15) is 9.90 Å². The lowest BCUT2D eigenvalue weighted by Crippen LogP contribution is -2.28. The number of aliphatic carboxylic acids is 1. The number of rotatable bonds is 5. The normalized spacial score (nSPS) is 16.5. The van der Waals surface area contributed by atoms with Gasteiger partial charge in [-0.25, -0.2) is 4.79 Å². The average molecular weight is 242 g/mol. The van der Waals surface area contributed by atoms with Crippen LogP contribution >= 0.6 is 0 Å². The Hall–Kier alpha value is -1.40. The first-order valence-electron chi connectivity index (χ1n) is 5.39. The van der Waals surface area contributed by atoms with Gasteiger partial charge in [0.15, 0.2) is 6.10 Å². The van der Waals surface area contributed by atoms with Crippen LogP contribution in [0.1, 0.15) is 31.2 Å². The van der Waals surface area contributed by atoms with Gasteiger partial charge in [0.2, 0.25) is 0 Å². The molecule has 0 fully saturated rings.